The Balaban J connectivity index is 1.47. The minimum absolute atomic E-state index is 0.193. The fourth-order valence-corrected chi connectivity index (χ4v) is 4.30. The van der Waals surface area contributed by atoms with E-state index in [1.165, 1.54) is 32.1 Å². The summed E-state index contributed by atoms with van der Waals surface area (Å²) in [6.45, 7) is 0. The molecule has 3 fully saturated rings. The molecule has 0 saturated heterocycles. The maximum atomic E-state index is 12.0. The second-order valence-corrected chi connectivity index (χ2v) is 6.41. The van der Waals surface area contributed by atoms with E-state index in [-0.39, 0.29) is 18.0 Å². The van der Waals surface area contributed by atoms with Crippen LogP contribution in [0.4, 0.5) is 0 Å². The molecule has 3 aliphatic carbocycles. The van der Waals surface area contributed by atoms with Crippen LogP contribution < -0.4 is 11.1 Å². The van der Waals surface area contributed by atoms with Crippen LogP contribution in [0.15, 0.2) is 0 Å². The Kier molecular flexibility index (Phi) is 3.12. The van der Waals surface area contributed by atoms with Gasteiger partial charge in [0.05, 0.1) is 0 Å². The molecule has 96 valence electrons. The van der Waals surface area contributed by atoms with Crippen LogP contribution in [-0.4, -0.2) is 18.0 Å². The minimum atomic E-state index is 0.193. The molecular formula is C14H24N2O. The van der Waals surface area contributed by atoms with Crippen molar-refractivity contribution in [3.05, 3.63) is 0 Å². The number of hydrogen-bond donors (Lipinski definition) is 2. The third-order valence-corrected chi connectivity index (χ3v) is 5.25. The zero-order chi connectivity index (χ0) is 11.8. The first-order valence-electron chi connectivity index (χ1n) is 7.27. The highest BCUT2D eigenvalue weighted by molar-refractivity contribution is 5.76. The number of nitrogens with two attached hydrogens (primary N) is 1. The topological polar surface area (TPSA) is 55.1 Å². The Labute approximate surface area is 104 Å². The highest BCUT2D eigenvalue weighted by atomic mass is 16.1. The van der Waals surface area contributed by atoms with Crippen LogP contribution >= 0.6 is 0 Å². The van der Waals surface area contributed by atoms with Gasteiger partial charge in [0.15, 0.2) is 0 Å². The first-order valence-corrected chi connectivity index (χ1v) is 7.27. The smallest absolute Gasteiger partial charge is 0.220 e. The van der Waals surface area contributed by atoms with Crippen LogP contribution in [0.3, 0.4) is 0 Å². The average molecular weight is 236 g/mol. The molecule has 3 N–H and O–H groups in total. The van der Waals surface area contributed by atoms with Crippen molar-refractivity contribution >= 4 is 5.91 Å². The van der Waals surface area contributed by atoms with E-state index < -0.39 is 0 Å². The van der Waals surface area contributed by atoms with Gasteiger partial charge in [0, 0.05) is 18.5 Å². The molecule has 17 heavy (non-hydrogen) atoms. The lowest BCUT2D eigenvalue weighted by molar-refractivity contribution is -0.123. The summed E-state index contributed by atoms with van der Waals surface area (Å²) in [5.41, 5.74) is 5.98. The third kappa shape index (κ3) is 2.35. The van der Waals surface area contributed by atoms with Gasteiger partial charge in [-0.3, -0.25) is 4.79 Å². The maximum absolute atomic E-state index is 12.0. The molecule has 5 atom stereocenters. The van der Waals surface area contributed by atoms with Gasteiger partial charge in [0.1, 0.15) is 0 Å². The van der Waals surface area contributed by atoms with E-state index in [4.69, 9.17) is 5.73 Å². The number of amides is 1. The summed E-state index contributed by atoms with van der Waals surface area (Å²) in [6.07, 6.45) is 9.53. The summed E-state index contributed by atoms with van der Waals surface area (Å²) >= 11 is 0. The molecule has 0 heterocycles. The second kappa shape index (κ2) is 4.60. The molecule has 0 aromatic rings. The Morgan fingerprint density at radius 3 is 2.65 bits per heavy atom. The van der Waals surface area contributed by atoms with E-state index in [2.05, 4.69) is 5.32 Å². The first kappa shape index (κ1) is 11.5. The van der Waals surface area contributed by atoms with Gasteiger partial charge < -0.3 is 11.1 Å². The highest BCUT2D eigenvalue weighted by Gasteiger charge is 2.40. The summed E-state index contributed by atoms with van der Waals surface area (Å²) in [7, 11) is 0. The van der Waals surface area contributed by atoms with Crippen LogP contribution in [0.5, 0.6) is 0 Å². The van der Waals surface area contributed by atoms with Crippen molar-refractivity contribution in [2.75, 3.05) is 0 Å². The molecule has 3 nitrogen and oxygen atoms in total. The lowest BCUT2D eigenvalue weighted by Crippen LogP contribution is -2.44. The molecule has 0 aliphatic heterocycles. The zero-order valence-electron chi connectivity index (χ0n) is 10.5. The summed E-state index contributed by atoms with van der Waals surface area (Å²) in [6, 6.07) is 0.445. The molecule has 5 unspecified atom stereocenters. The predicted molar refractivity (Wildman–Crippen MR) is 67.3 cm³/mol. The first-order chi connectivity index (χ1) is 8.22. The molecule has 2 bridgehead atoms. The summed E-state index contributed by atoms with van der Waals surface area (Å²) < 4.78 is 0. The Morgan fingerprint density at radius 2 is 2.06 bits per heavy atom. The number of rotatable bonds is 3. The van der Waals surface area contributed by atoms with Crippen LogP contribution in [0.25, 0.3) is 0 Å². The number of carbonyl (C=O) groups is 1. The fraction of sp³-hybridized carbons (Fsp3) is 0.929. The van der Waals surface area contributed by atoms with E-state index in [1.807, 2.05) is 0 Å². The fourth-order valence-electron chi connectivity index (χ4n) is 4.30. The van der Waals surface area contributed by atoms with Gasteiger partial charge in [-0.25, -0.2) is 0 Å². The Morgan fingerprint density at radius 1 is 1.18 bits per heavy atom. The van der Waals surface area contributed by atoms with Crippen molar-refractivity contribution in [3.63, 3.8) is 0 Å². The van der Waals surface area contributed by atoms with Gasteiger partial charge >= 0.3 is 0 Å². The number of carbonyl (C=O) groups excluding carboxylic acids is 1. The molecule has 0 aromatic heterocycles. The van der Waals surface area contributed by atoms with Crippen molar-refractivity contribution in [1.29, 1.82) is 0 Å². The minimum Gasteiger partial charge on any atom is -0.352 e. The Bertz CT molecular complexity index is 305. The van der Waals surface area contributed by atoms with E-state index in [0.717, 1.165) is 31.1 Å². The van der Waals surface area contributed by atoms with Crippen LogP contribution in [0.1, 0.15) is 51.4 Å². The summed E-state index contributed by atoms with van der Waals surface area (Å²) in [5.74, 6) is 2.71. The van der Waals surface area contributed by atoms with Crippen LogP contribution in [-0.2, 0) is 4.79 Å². The average Bonchev–Trinajstić information content (AvgIpc) is 2.96. The van der Waals surface area contributed by atoms with E-state index in [9.17, 15) is 4.79 Å². The predicted octanol–water partition coefficient (Wildman–Crippen LogP) is 1.81. The quantitative estimate of drug-likeness (QED) is 0.785. The number of fused-ring (bicyclic) bond motifs is 2. The van der Waals surface area contributed by atoms with Crippen molar-refractivity contribution in [2.45, 2.75) is 63.5 Å². The largest absolute Gasteiger partial charge is 0.352 e. The second-order valence-electron chi connectivity index (χ2n) is 6.41. The van der Waals surface area contributed by atoms with Gasteiger partial charge in [-0.15, -0.1) is 0 Å². The Hall–Kier alpha value is -0.570. The molecule has 3 saturated carbocycles. The van der Waals surface area contributed by atoms with Gasteiger partial charge in [-0.05, 0) is 56.3 Å². The number of hydrogen-bond acceptors (Lipinski definition) is 2. The van der Waals surface area contributed by atoms with Gasteiger partial charge in [-0.2, -0.15) is 0 Å². The monoisotopic (exact) mass is 236 g/mol. The zero-order valence-corrected chi connectivity index (χ0v) is 10.5. The molecular weight excluding hydrogens is 212 g/mol. The third-order valence-electron chi connectivity index (χ3n) is 5.25. The molecule has 1 amide bonds. The molecule has 3 rings (SSSR count). The van der Waals surface area contributed by atoms with Crippen molar-refractivity contribution in [2.24, 2.45) is 23.5 Å². The maximum Gasteiger partial charge on any atom is 0.220 e. The van der Waals surface area contributed by atoms with Crippen molar-refractivity contribution < 1.29 is 4.79 Å². The van der Waals surface area contributed by atoms with Gasteiger partial charge in [-0.1, -0.05) is 6.42 Å². The molecule has 0 aromatic carbocycles. The summed E-state index contributed by atoms with van der Waals surface area (Å²) in [5, 5.41) is 3.15. The molecule has 0 spiro atoms. The van der Waals surface area contributed by atoms with Crippen LogP contribution in [0, 0.1) is 17.8 Å². The standard InChI is InChI=1S/C14H24N2O/c15-12-2-1-3-13(12)16-14(17)8-11-7-9-4-5-10(11)6-9/h9-13H,1-8,15H2,(H,16,17). The normalized spacial score (nSPS) is 44.2. The van der Waals surface area contributed by atoms with Gasteiger partial charge in [0.25, 0.3) is 0 Å². The molecule has 3 heteroatoms. The van der Waals surface area contributed by atoms with E-state index in [0.29, 0.717) is 5.92 Å². The lowest BCUT2D eigenvalue weighted by atomic mass is 9.86. The van der Waals surface area contributed by atoms with Crippen molar-refractivity contribution in [3.8, 4) is 0 Å². The van der Waals surface area contributed by atoms with Crippen LogP contribution in [0.2, 0.25) is 0 Å². The molecule has 0 radical (unpaired) electrons. The highest BCUT2D eigenvalue weighted by Crippen LogP contribution is 2.49. The number of nitrogens with one attached hydrogen (secondary N) is 1. The van der Waals surface area contributed by atoms with Gasteiger partial charge in [0.2, 0.25) is 5.91 Å². The summed E-state index contributed by atoms with van der Waals surface area (Å²) in [4.78, 5) is 12.0. The van der Waals surface area contributed by atoms with E-state index >= 15 is 0 Å². The van der Waals surface area contributed by atoms with Crippen molar-refractivity contribution in [1.82, 2.24) is 5.32 Å². The van der Waals surface area contributed by atoms with E-state index in [1.54, 1.807) is 0 Å². The SMILES string of the molecule is NC1CCCC1NC(=O)CC1CC2CCC1C2. The lowest BCUT2D eigenvalue weighted by Gasteiger charge is -2.23. The molecule has 3 aliphatic rings.